The molecule has 0 unspecified atom stereocenters. The van der Waals surface area contributed by atoms with E-state index in [-0.39, 0.29) is 11.4 Å². The zero-order valence-corrected chi connectivity index (χ0v) is 12.8. The third-order valence-electron chi connectivity index (χ3n) is 3.11. The van der Waals surface area contributed by atoms with Crippen molar-refractivity contribution in [1.29, 1.82) is 0 Å². The molecule has 0 heterocycles. The van der Waals surface area contributed by atoms with Gasteiger partial charge in [0.2, 0.25) is 5.75 Å². The quantitative estimate of drug-likeness (QED) is 0.647. The van der Waals surface area contributed by atoms with Gasteiger partial charge in [-0.25, -0.2) is 4.39 Å². The van der Waals surface area contributed by atoms with Gasteiger partial charge >= 0.3 is 0 Å². The number of hydrogen-bond donors (Lipinski definition) is 1. The molecule has 0 radical (unpaired) electrons. The molecule has 0 spiro atoms. The molecular weight excluding hydrogens is 307 g/mol. The summed E-state index contributed by atoms with van der Waals surface area (Å²) in [5, 5.41) is 13.5. The lowest BCUT2D eigenvalue weighted by Crippen LogP contribution is -1.99. The minimum Gasteiger partial charge on any atom is -0.493 e. The van der Waals surface area contributed by atoms with Crippen molar-refractivity contribution in [3.8, 4) is 17.2 Å². The summed E-state index contributed by atoms with van der Waals surface area (Å²) in [5.74, 6) is 0.464. The van der Waals surface area contributed by atoms with Crippen LogP contribution in [0, 0.1) is 15.9 Å². The van der Waals surface area contributed by atoms with E-state index >= 15 is 0 Å². The third-order valence-corrected chi connectivity index (χ3v) is 3.11. The Morgan fingerprint density at radius 2 is 1.65 bits per heavy atom. The molecular formula is C15H15FN2O5. The Hall–Kier alpha value is -3.03. The van der Waals surface area contributed by atoms with Crippen molar-refractivity contribution in [2.24, 2.45) is 0 Å². The highest BCUT2D eigenvalue weighted by Crippen LogP contribution is 2.40. The lowest BCUT2D eigenvalue weighted by Gasteiger charge is -2.15. The summed E-state index contributed by atoms with van der Waals surface area (Å²) in [7, 11) is 4.41. The van der Waals surface area contributed by atoms with Crippen LogP contribution in [0.1, 0.15) is 0 Å². The summed E-state index contributed by atoms with van der Waals surface area (Å²) < 4.78 is 29.6. The molecule has 2 aromatic rings. The number of rotatable bonds is 6. The SMILES string of the molecule is COc1cc(Nc2ccc([N+](=O)[O-])cc2F)cc(OC)c1OC. The molecule has 0 bridgehead atoms. The molecule has 0 aliphatic rings. The van der Waals surface area contributed by atoms with Crippen molar-refractivity contribution in [3.05, 3.63) is 46.3 Å². The molecule has 0 atom stereocenters. The molecule has 7 nitrogen and oxygen atoms in total. The van der Waals surface area contributed by atoms with Crippen LogP contribution in [0.2, 0.25) is 0 Å². The molecule has 8 heteroatoms. The van der Waals surface area contributed by atoms with E-state index in [0.717, 1.165) is 6.07 Å². The van der Waals surface area contributed by atoms with Crippen LogP contribution in [0.4, 0.5) is 21.5 Å². The molecule has 0 saturated heterocycles. The largest absolute Gasteiger partial charge is 0.493 e. The van der Waals surface area contributed by atoms with Gasteiger partial charge in [-0.05, 0) is 6.07 Å². The summed E-state index contributed by atoms with van der Waals surface area (Å²) in [4.78, 5) is 9.97. The lowest BCUT2D eigenvalue weighted by atomic mass is 10.2. The summed E-state index contributed by atoms with van der Waals surface area (Å²) >= 11 is 0. The summed E-state index contributed by atoms with van der Waals surface area (Å²) in [6.07, 6.45) is 0. The second kappa shape index (κ2) is 6.82. The number of non-ortho nitro benzene ring substituents is 1. The number of nitrogens with zero attached hydrogens (tertiary/aromatic N) is 1. The number of ether oxygens (including phenoxy) is 3. The van der Waals surface area contributed by atoms with Crippen LogP contribution in [-0.4, -0.2) is 26.3 Å². The van der Waals surface area contributed by atoms with E-state index in [2.05, 4.69) is 5.32 Å². The highest BCUT2D eigenvalue weighted by molar-refractivity contribution is 5.68. The molecule has 122 valence electrons. The summed E-state index contributed by atoms with van der Waals surface area (Å²) in [6.45, 7) is 0. The number of anilines is 2. The van der Waals surface area contributed by atoms with Crippen LogP contribution in [-0.2, 0) is 0 Å². The number of nitrogens with one attached hydrogen (secondary N) is 1. The number of nitro benzene ring substituents is 1. The first kappa shape index (κ1) is 16.3. The number of methoxy groups -OCH3 is 3. The van der Waals surface area contributed by atoms with Crippen LogP contribution >= 0.6 is 0 Å². The first-order valence-corrected chi connectivity index (χ1v) is 6.51. The van der Waals surface area contributed by atoms with Crippen molar-refractivity contribution >= 4 is 17.1 Å². The van der Waals surface area contributed by atoms with Crippen molar-refractivity contribution in [2.45, 2.75) is 0 Å². The Morgan fingerprint density at radius 1 is 1.04 bits per heavy atom. The van der Waals surface area contributed by atoms with Gasteiger partial charge in [0.15, 0.2) is 17.3 Å². The van der Waals surface area contributed by atoms with Gasteiger partial charge in [0.25, 0.3) is 5.69 Å². The van der Waals surface area contributed by atoms with Crippen molar-refractivity contribution < 1.29 is 23.5 Å². The Bertz CT molecular complexity index is 711. The average Bonchev–Trinajstić information content (AvgIpc) is 2.55. The van der Waals surface area contributed by atoms with Crippen LogP contribution < -0.4 is 19.5 Å². The maximum Gasteiger partial charge on any atom is 0.272 e. The normalized spacial score (nSPS) is 10.1. The molecule has 2 aromatic carbocycles. The topological polar surface area (TPSA) is 82.9 Å². The number of nitro groups is 1. The van der Waals surface area contributed by atoms with E-state index in [1.807, 2.05) is 0 Å². The predicted molar refractivity (Wildman–Crippen MR) is 82.4 cm³/mol. The van der Waals surface area contributed by atoms with Gasteiger partial charge in [0, 0.05) is 23.9 Å². The standard InChI is InChI=1S/C15H15FN2O5/c1-21-13-6-9(7-14(22-2)15(13)23-3)17-12-5-4-10(18(19)20)8-11(12)16/h4-8,17H,1-3H3. The zero-order chi connectivity index (χ0) is 17.0. The van der Waals surface area contributed by atoms with Gasteiger partial charge < -0.3 is 19.5 Å². The van der Waals surface area contributed by atoms with Gasteiger partial charge in [-0.3, -0.25) is 10.1 Å². The summed E-state index contributed by atoms with van der Waals surface area (Å²) in [6, 6.07) is 6.55. The molecule has 0 fully saturated rings. The minimum atomic E-state index is -0.743. The van der Waals surface area contributed by atoms with Crippen molar-refractivity contribution in [2.75, 3.05) is 26.6 Å². The average molecular weight is 322 g/mol. The number of halogens is 1. The van der Waals surface area contributed by atoms with Gasteiger partial charge in [-0.15, -0.1) is 0 Å². The molecule has 2 rings (SSSR count). The van der Waals surface area contributed by atoms with Crippen LogP contribution in [0.15, 0.2) is 30.3 Å². The van der Waals surface area contributed by atoms with Gasteiger partial charge in [-0.1, -0.05) is 0 Å². The van der Waals surface area contributed by atoms with E-state index in [9.17, 15) is 14.5 Å². The van der Waals surface area contributed by atoms with Crippen molar-refractivity contribution in [3.63, 3.8) is 0 Å². The number of hydrogen-bond acceptors (Lipinski definition) is 6. The molecule has 1 N–H and O–H groups in total. The molecule has 0 saturated carbocycles. The fourth-order valence-corrected chi connectivity index (χ4v) is 2.03. The Balaban J connectivity index is 2.38. The van der Waals surface area contributed by atoms with Crippen LogP contribution in [0.3, 0.4) is 0 Å². The second-order valence-electron chi connectivity index (χ2n) is 4.46. The smallest absolute Gasteiger partial charge is 0.272 e. The highest BCUT2D eigenvalue weighted by atomic mass is 19.1. The fourth-order valence-electron chi connectivity index (χ4n) is 2.03. The van der Waals surface area contributed by atoms with E-state index in [1.54, 1.807) is 12.1 Å². The van der Waals surface area contributed by atoms with Gasteiger partial charge in [0.05, 0.1) is 38.0 Å². The van der Waals surface area contributed by atoms with Gasteiger partial charge in [0.1, 0.15) is 0 Å². The monoisotopic (exact) mass is 322 g/mol. The maximum atomic E-state index is 14.0. The third kappa shape index (κ3) is 3.42. The zero-order valence-electron chi connectivity index (χ0n) is 12.8. The fraction of sp³-hybridized carbons (Fsp3) is 0.200. The van der Waals surface area contributed by atoms with E-state index in [1.165, 1.54) is 33.5 Å². The maximum absolute atomic E-state index is 14.0. The Kier molecular flexibility index (Phi) is 4.85. The Labute approximate surface area is 131 Å². The van der Waals surface area contributed by atoms with E-state index < -0.39 is 10.7 Å². The molecule has 0 aliphatic carbocycles. The minimum absolute atomic E-state index is 0.0878. The second-order valence-corrected chi connectivity index (χ2v) is 4.46. The molecule has 23 heavy (non-hydrogen) atoms. The van der Waals surface area contributed by atoms with E-state index in [4.69, 9.17) is 14.2 Å². The number of benzene rings is 2. The molecule has 0 amide bonds. The Morgan fingerprint density at radius 3 is 2.09 bits per heavy atom. The predicted octanol–water partition coefficient (Wildman–Crippen LogP) is 3.50. The van der Waals surface area contributed by atoms with Crippen LogP contribution in [0.25, 0.3) is 0 Å². The highest BCUT2D eigenvalue weighted by Gasteiger charge is 2.15. The van der Waals surface area contributed by atoms with Gasteiger partial charge in [-0.2, -0.15) is 0 Å². The molecule has 0 aromatic heterocycles. The first-order chi connectivity index (χ1) is 11.0. The molecule has 0 aliphatic heterocycles. The lowest BCUT2D eigenvalue weighted by molar-refractivity contribution is -0.385. The van der Waals surface area contributed by atoms with Crippen molar-refractivity contribution in [1.82, 2.24) is 0 Å². The summed E-state index contributed by atoms with van der Waals surface area (Å²) in [5.41, 5.74) is 0.245. The first-order valence-electron chi connectivity index (χ1n) is 6.51. The van der Waals surface area contributed by atoms with E-state index in [0.29, 0.717) is 22.9 Å². The van der Waals surface area contributed by atoms with Crippen LogP contribution in [0.5, 0.6) is 17.2 Å².